The summed E-state index contributed by atoms with van der Waals surface area (Å²) in [5, 5.41) is 7.59. The Morgan fingerprint density at radius 3 is 1.43 bits per heavy atom. The maximum Gasteiger partial charge on any atom is 0.293 e. The second-order valence-corrected chi connectivity index (χ2v) is 5.21. The summed E-state index contributed by atoms with van der Waals surface area (Å²) in [5.41, 5.74) is 10.9. The molecule has 2 rings (SSSR count). The Morgan fingerprint density at radius 1 is 0.714 bits per heavy atom. The number of aryl methyl sites for hydroxylation is 2. The first-order chi connectivity index (χ1) is 10.2. The highest BCUT2D eigenvalue weighted by atomic mass is 16.5. The molecule has 116 valence electrons. The summed E-state index contributed by atoms with van der Waals surface area (Å²) >= 11 is 0. The minimum atomic E-state index is 0.363. The molecule has 0 unspecified atom stereocenters. The molecule has 0 fully saturated rings. The van der Waals surface area contributed by atoms with Crippen LogP contribution in [0.15, 0.2) is 21.4 Å². The van der Waals surface area contributed by atoms with E-state index in [9.17, 15) is 0 Å². The summed E-state index contributed by atoms with van der Waals surface area (Å²) in [6.45, 7) is 1.73. The van der Waals surface area contributed by atoms with Gasteiger partial charge in [-0.1, -0.05) is 28.6 Å². The Bertz CT molecular complexity index is 478. The molecule has 8 nitrogen and oxygen atoms in total. The van der Waals surface area contributed by atoms with E-state index in [2.05, 4.69) is 10.5 Å². The van der Waals surface area contributed by atoms with E-state index in [0.29, 0.717) is 11.8 Å². The van der Waals surface area contributed by atoms with Crippen molar-refractivity contribution < 1.29 is 18.4 Å². The summed E-state index contributed by atoms with van der Waals surface area (Å²) in [6, 6.07) is 0. The van der Waals surface area contributed by atoms with E-state index in [0.717, 1.165) is 25.9 Å². The zero-order valence-corrected chi connectivity index (χ0v) is 12.3. The Labute approximate surface area is 123 Å². The van der Waals surface area contributed by atoms with Crippen LogP contribution in [0.25, 0.3) is 0 Å². The minimum Gasteiger partial charge on any atom is -0.362 e. The monoisotopic (exact) mass is 296 g/mol. The van der Waals surface area contributed by atoms with Gasteiger partial charge in [-0.3, -0.25) is 9.05 Å². The van der Waals surface area contributed by atoms with Gasteiger partial charge in [-0.15, -0.1) is 0 Å². The van der Waals surface area contributed by atoms with Crippen LogP contribution in [0.1, 0.15) is 44.9 Å². The lowest BCUT2D eigenvalue weighted by Gasteiger charge is -1.98. The van der Waals surface area contributed by atoms with Crippen molar-refractivity contribution in [2.45, 2.75) is 58.0 Å². The third kappa shape index (κ3) is 5.80. The van der Waals surface area contributed by atoms with Crippen molar-refractivity contribution in [1.82, 2.24) is 10.5 Å². The lowest BCUT2D eigenvalue weighted by molar-refractivity contribution is -0.762. The fourth-order valence-corrected chi connectivity index (χ4v) is 2.23. The average Bonchev–Trinajstić information content (AvgIpc) is 3.06. The van der Waals surface area contributed by atoms with Gasteiger partial charge in [-0.25, -0.2) is 0 Å². The molecule has 0 atom stereocenters. The summed E-state index contributed by atoms with van der Waals surface area (Å²) in [6.07, 6.45) is 11.8. The number of nitrogen functional groups attached to an aromatic ring is 2. The van der Waals surface area contributed by atoms with Crippen molar-refractivity contribution in [3.63, 3.8) is 0 Å². The lowest BCUT2D eigenvalue weighted by atomic mass is 10.1. The van der Waals surface area contributed by atoms with Gasteiger partial charge in [0.25, 0.3) is 24.2 Å². The van der Waals surface area contributed by atoms with Crippen molar-refractivity contribution in [2.24, 2.45) is 0 Å². The molecule has 0 aliphatic rings. The van der Waals surface area contributed by atoms with Crippen LogP contribution in [-0.2, 0) is 13.1 Å². The highest BCUT2D eigenvalue weighted by molar-refractivity contribution is 5.11. The van der Waals surface area contributed by atoms with E-state index in [1.54, 1.807) is 21.8 Å². The van der Waals surface area contributed by atoms with Crippen LogP contribution in [-0.4, -0.2) is 10.5 Å². The zero-order chi connectivity index (χ0) is 14.9. The van der Waals surface area contributed by atoms with Crippen molar-refractivity contribution in [2.75, 3.05) is 11.5 Å². The molecule has 4 N–H and O–H groups in total. The third-order valence-electron chi connectivity index (χ3n) is 3.33. The molecule has 2 heterocycles. The predicted octanol–water partition coefficient (Wildman–Crippen LogP) is 0.833. The van der Waals surface area contributed by atoms with Crippen molar-refractivity contribution in [1.29, 1.82) is 0 Å². The van der Waals surface area contributed by atoms with E-state index in [4.69, 9.17) is 20.5 Å². The van der Waals surface area contributed by atoms with Crippen LogP contribution in [0, 0.1) is 0 Å². The van der Waals surface area contributed by atoms with Gasteiger partial charge in [0.05, 0.1) is 0 Å². The van der Waals surface area contributed by atoms with Crippen LogP contribution < -0.4 is 20.8 Å². The Morgan fingerprint density at radius 2 is 1.10 bits per heavy atom. The van der Waals surface area contributed by atoms with E-state index in [-0.39, 0.29) is 0 Å². The van der Waals surface area contributed by atoms with Gasteiger partial charge >= 0.3 is 0 Å². The first-order valence-corrected chi connectivity index (χ1v) is 7.48. The molecule has 0 aliphatic heterocycles. The number of nitrogens with zero attached hydrogens (tertiary/aromatic N) is 4. The molecule has 0 saturated heterocycles. The fourth-order valence-electron chi connectivity index (χ4n) is 2.23. The first kappa shape index (κ1) is 15.3. The smallest absolute Gasteiger partial charge is 0.293 e. The van der Waals surface area contributed by atoms with E-state index < -0.39 is 0 Å². The van der Waals surface area contributed by atoms with Crippen LogP contribution in [0.5, 0.6) is 0 Å². The fraction of sp³-hybridized carbons (Fsp3) is 0.692. The SMILES string of the molecule is Nc1c[n+](CCCCCCCCC[n+]2cc(N)on2)no1. The summed E-state index contributed by atoms with van der Waals surface area (Å²) in [4.78, 5) is 0. The third-order valence-corrected chi connectivity index (χ3v) is 3.33. The quantitative estimate of drug-likeness (QED) is 0.496. The van der Waals surface area contributed by atoms with Crippen LogP contribution in [0.3, 0.4) is 0 Å². The molecule has 0 amide bonds. The van der Waals surface area contributed by atoms with Gasteiger partial charge in [-0.2, -0.15) is 0 Å². The second-order valence-electron chi connectivity index (χ2n) is 5.21. The second kappa shape index (κ2) is 8.23. The van der Waals surface area contributed by atoms with Gasteiger partial charge < -0.3 is 11.5 Å². The van der Waals surface area contributed by atoms with Crippen molar-refractivity contribution >= 4 is 11.8 Å². The van der Waals surface area contributed by atoms with Crippen LogP contribution in [0.4, 0.5) is 11.8 Å². The lowest BCUT2D eigenvalue weighted by Crippen LogP contribution is -2.34. The molecule has 0 saturated carbocycles. The highest BCUT2D eigenvalue weighted by Crippen LogP contribution is 2.07. The molecular formula is C13H24N6O2+2. The van der Waals surface area contributed by atoms with E-state index >= 15 is 0 Å². The number of rotatable bonds is 10. The number of anilines is 2. The topological polar surface area (TPSA) is 112 Å². The Kier molecular flexibility index (Phi) is 5.99. The highest BCUT2D eigenvalue weighted by Gasteiger charge is 2.08. The maximum atomic E-state index is 5.45. The van der Waals surface area contributed by atoms with Crippen LogP contribution >= 0.6 is 0 Å². The molecule has 0 bridgehead atoms. The van der Waals surface area contributed by atoms with Crippen molar-refractivity contribution in [3.8, 4) is 0 Å². The molecule has 2 aromatic rings. The molecule has 0 radical (unpaired) electrons. The maximum absolute atomic E-state index is 5.45. The Hall–Kier alpha value is -2.12. The molecule has 8 heteroatoms. The number of hydrogen-bond donors (Lipinski definition) is 2. The number of hydrogen-bond acceptors (Lipinski definition) is 6. The molecule has 0 aliphatic carbocycles. The predicted molar refractivity (Wildman–Crippen MR) is 74.5 cm³/mol. The first-order valence-electron chi connectivity index (χ1n) is 7.48. The molecule has 2 aromatic heterocycles. The standard InChI is InChI=1S/C13H24N6O2/c14-12-10-18(16-20-12)8-6-4-2-1-3-5-7-9-19-11-13(15)21-17-19/h10-11H,1-9,14-15H2/q+2. The van der Waals surface area contributed by atoms with Gasteiger partial charge in [0.2, 0.25) is 10.5 Å². The molecular weight excluding hydrogens is 272 g/mol. The summed E-state index contributed by atoms with van der Waals surface area (Å²) in [5.74, 6) is 0.725. The van der Waals surface area contributed by atoms with E-state index in [1.165, 1.54) is 32.1 Å². The number of nitrogens with two attached hydrogens (primary N) is 2. The Balaban J connectivity index is 1.40. The van der Waals surface area contributed by atoms with Gasteiger partial charge in [0, 0.05) is 12.8 Å². The van der Waals surface area contributed by atoms with Crippen molar-refractivity contribution in [3.05, 3.63) is 12.4 Å². The molecule has 0 aromatic carbocycles. The minimum absolute atomic E-state index is 0.363. The summed E-state index contributed by atoms with van der Waals surface area (Å²) in [7, 11) is 0. The number of aromatic nitrogens is 4. The van der Waals surface area contributed by atoms with Gasteiger partial charge in [0.15, 0.2) is 13.1 Å². The largest absolute Gasteiger partial charge is 0.362 e. The average molecular weight is 296 g/mol. The van der Waals surface area contributed by atoms with Gasteiger partial charge in [0.1, 0.15) is 0 Å². The van der Waals surface area contributed by atoms with Crippen LogP contribution in [0.2, 0.25) is 0 Å². The molecule has 0 spiro atoms. The zero-order valence-electron chi connectivity index (χ0n) is 12.3. The molecule has 21 heavy (non-hydrogen) atoms. The number of unbranched alkanes of at least 4 members (excludes halogenated alkanes) is 6. The van der Waals surface area contributed by atoms with E-state index in [1.807, 2.05) is 0 Å². The summed E-state index contributed by atoms with van der Waals surface area (Å²) < 4.78 is 13.1. The normalized spacial score (nSPS) is 11.0. The van der Waals surface area contributed by atoms with Gasteiger partial charge in [-0.05, 0) is 12.8 Å².